The van der Waals surface area contributed by atoms with Gasteiger partial charge in [-0.3, -0.25) is 4.90 Å². The molecule has 0 atom stereocenters. The monoisotopic (exact) mass is 324 g/mol. The van der Waals surface area contributed by atoms with Crippen LogP contribution < -0.4 is 0 Å². The molecule has 2 aliphatic rings. The van der Waals surface area contributed by atoms with Crippen molar-refractivity contribution in [2.45, 2.75) is 25.3 Å². The van der Waals surface area contributed by atoms with Crippen LogP contribution in [0.2, 0.25) is 0 Å². The molecule has 0 aliphatic carbocycles. The van der Waals surface area contributed by atoms with Gasteiger partial charge in [-0.25, -0.2) is 0 Å². The first-order chi connectivity index (χ1) is 11.9. The second kappa shape index (κ2) is 7.64. The van der Waals surface area contributed by atoms with Crippen LogP contribution in [-0.2, 0) is 11.2 Å². The van der Waals surface area contributed by atoms with Crippen LogP contribution in [-0.4, -0.2) is 61.8 Å². The summed E-state index contributed by atoms with van der Waals surface area (Å²) in [5.74, 6) is 0. The fourth-order valence-electron chi connectivity index (χ4n) is 4.24. The van der Waals surface area contributed by atoms with Crippen LogP contribution in [0.1, 0.15) is 18.4 Å². The van der Waals surface area contributed by atoms with Gasteiger partial charge in [0.25, 0.3) is 0 Å². The Morgan fingerprint density at radius 2 is 1.62 bits per heavy atom. The Balaban J connectivity index is 1.31. The molecular formula is C21H28N2O. The summed E-state index contributed by atoms with van der Waals surface area (Å²) in [5.41, 5.74) is 1.49. The summed E-state index contributed by atoms with van der Waals surface area (Å²) in [6.07, 6.45) is 3.79. The molecule has 2 aliphatic heterocycles. The topological polar surface area (TPSA) is 15.7 Å². The predicted molar refractivity (Wildman–Crippen MR) is 99.5 cm³/mol. The second-order valence-electron chi connectivity index (χ2n) is 7.11. The highest BCUT2D eigenvalue weighted by Crippen LogP contribution is 2.21. The molecule has 2 saturated heterocycles. The third-order valence-corrected chi connectivity index (χ3v) is 5.70. The van der Waals surface area contributed by atoms with Crippen molar-refractivity contribution in [2.75, 3.05) is 45.9 Å². The molecule has 0 aromatic heterocycles. The average Bonchev–Trinajstić information content (AvgIpc) is 2.67. The van der Waals surface area contributed by atoms with Crippen LogP contribution in [0.5, 0.6) is 0 Å². The van der Waals surface area contributed by atoms with E-state index in [2.05, 4.69) is 52.3 Å². The smallest absolute Gasteiger partial charge is 0.0594 e. The van der Waals surface area contributed by atoms with E-state index in [0.717, 1.165) is 38.8 Å². The van der Waals surface area contributed by atoms with E-state index >= 15 is 0 Å². The number of rotatable bonds is 4. The lowest BCUT2D eigenvalue weighted by molar-refractivity contribution is 0.00102. The maximum atomic E-state index is 5.48. The molecule has 3 nitrogen and oxygen atoms in total. The summed E-state index contributed by atoms with van der Waals surface area (Å²) in [5, 5.41) is 2.78. The summed E-state index contributed by atoms with van der Waals surface area (Å²) in [4.78, 5) is 5.30. The van der Waals surface area contributed by atoms with Crippen molar-refractivity contribution in [3.8, 4) is 0 Å². The Morgan fingerprint density at radius 1 is 0.875 bits per heavy atom. The molecule has 2 fully saturated rings. The molecule has 0 spiro atoms. The zero-order chi connectivity index (χ0) is 16.2. The van der Waals surface area contributed by atoms with Gasteiger partial charge >= 0.3 is 0 Å². The Morgan fingerprint density at radius 3 is 2.46 bits per heavy atom. The standard InChI is InChI=1S/C21H28N2O/c1-2-7-21-18(4-1)5-3-6-19(21)8-11-22-12-9-20(10-13-22)23-14-16-24-17-15-23/h1-7,20H,8-17H2. The number of hydrogen-bond acceptors (Lipinski definition) is 3. The van der Waals surface area contributed by atoms with Crippen molar-refractivity contribution in [2.24, 2.45) is 0 Å². The number of hydrogen-bond donors (Lipinski definition) is 0. The largest absolute Gasteiger partial charge is 0.379 e. The average molecular weight is 324 g/mol. The highest BCUT2D eigenvalue weighted by Gasteiger charge is 2.25. The molecule has 0 N–H and O–H groups in total. The van der Waals surface area contributed by atoms with Crippen LogP contribution in [0.25, 0.3) is 10.8 Å². The zero-order valence-electron chi connectivity index (χ0n) is 14.5. The van der Waals surface area contributed by atoms with Gasteiger partial charge in [0.2, 0.25) is 0 Å². The molecule has 4 rings (SSSR count). The van der Waals surface area contributed by atoms with E-state index in [-0.39, 0.29) is 0 Å². The molecular weight excluding hydrogens is 296 g/mol. The van der Waals surface area contributed by atoms with Gasteiger partial charge in [0, 0.05) is 25.7 Å². The molecule has 0 saturated carbocycles. The number of likely N-dealkylation sites (tertiary alicyclic amines) is 1. The highest BCUT2D eigenvalue weighted by atomic mass is 16.5. The van der Waals surface area contributed by atoms with Crippen molar-refractivity contribution in [3.05, 3.63) is 48.0 Å². The molecule has 0 bridgehead atoms. The predicted octanol–water partition coefficient (Wildman–Crippen LogP) is 3.18. The molecule has 2 heterocycles. The summed E-state index contributed by atoms with van der Waals surface area (Å²) in [6.45, 7) is 7.76. The Hall–Kier alpha value is -1.42. The lowest BCUT2D eigenvalue weighted by atomic mass is 10.00. The third kappa shape index (κ3) is 3.64. The number of piperidine rings is 1. The van der Waals surface area contributed by atoms with Crippen LogP contribution in [0.4, 0.5) is 0 Å². The molecule has 0 radical (unpaired) electrons. The van der Waals surface area contributed by atoms with Crippen molar-refractivity contribution >= 4 is 10.8 Å². The second-order valence-corrected chi connectivity index (χ2v) is 7.11. The first kappa shape index (κ1) is 16.1. The van der Waals surface area contributed by atoms with Gasteiger partial charge in [0.05, 0.1) is 13.2 Å². The lowest BCUT2D eigenvalue weighted by Crippen LogP contribution is -2.49. The van der Waals surface area contributed by atoms with Crippen LogP contribution in [0.3, 0.4) is 0 Å². The van der Waals surface area contributed by atoms with Gasteiger partial charge in [-0.2, -0.15) is 0 Å². The van der Waals surface area contributed by atoms with Crippen LogP contribution in [0, 0.1) is 0 Å². The normalized spacial score (nSPS) is 21.3. The van der Waals surface area contributed by atoms with Gasteiger partial charge in [0.15, 0.2) is 0 Å². The number of morpholine rings is 1. The first-order valence-corrected chi connectivity index (χ1v) is 9.41. The minimum Gasteiger partial charge on any atom is -0.379 e. The van der Waals surface area contributed by atoms with Crippen molar-refractivity contribution in [1.29, 1.82) is 0 Å². The molecule has 3 heteroatoms. The molecule has 0 amide bonds. The Labute approximate surface area is 145 Å². The van der Waals surface area contributed by atoms with Crippen molar-refractivity contribution in [3.63, 3.8) is 0 Å². The van der Waals surface area contributed by atoms with Gasteiger partial charge in [0.1, 0.15) is 0 Å². The summed E-state index contributed by atoms with van der Waals surface area (Å²) in [7, 11) is 0. The third-order valence-electron chi connectivity index (χ3n) is 5.70. The van der Waals surface area contributed by atoms with Crippen molar-refractivity contribution in [1.82, 2.24) is 9.80 Å². The summed E-state index contributed by atoms with van der Waals surface area (Å²) >= 11 is 0. The van der Waals surface area contributed by atoms with Gasteiger partial charge in [-0.15, -0.1) is 0 Å². The summed E-state index contributed by atoms with van der Waals surface area (Å²) < 4.78 is 5.48. The zero-order valence-corrected chi connectivity index (χ0v) is 14.5. The SMILES string of the molecule is c1ccc2c(CCN3CCC(N4CCOCC4)CC3)cccc2c1. The minimum absolute atomic E-state index is 0.780. The van der Waals surface area contributed by atoms with E-state index in [4.69, 9.17) is 4.74 Å². The quantitative estimate of drug-likeness (QED) is 0.859. The van der Waals surface area contributed by atoms with Gasteiger partial charge in [-0.1, -0.05) is 42.5 Å². The fraction of sp³-hybridized carbons (Fsp3) is 0.524. The Kier molecular flexibility index (Phi) is 5.12. The number of nitrogens with zero attached hydrogens (tertiary/aromatic N) is 2. The van der Waals surface area contributed by atoms with Gasteiger partial charge < -0.3 is 9.64 Å². The maximum absolute atomic E-state index is 5.48. The maximum Gasteiger partial charge on any atom is 0.0594 e. The van der Waals surface area contributed by atoms with E-state index in [1.807, 2.05) is 0 Å². The molecule has 24 heavy (non-hydrogen) atoms. The lowest BCUT2D eigenvalue weighted by Gasteiger charge is -2.40. The number of ether oxygens (including phenoxy) is 1. The molecule has 2 aromatic rings. The van der Waals surface area contributed by atoms with E-state index < -0.39 is 0 Å². The van der Waals surface area contributed by atoms with E-state index in [0.29, 0.717) is 0 Å². The Bertz CT molecular complexity index is 652. The van der Waals surface area contributed by atoms with Gasteiger partial charge in [-0.05, 0) is 48.7 Å². The van der Waals surface area contributed by atoms with E-state index in [1.165, 1.54) is 48.8 Å². The van der Waals surface area contributed by atoms with E-state index in [1.54, 1.807) is 0 Å². The highest BCUT2D eigenvalue weighted by molar-refractivity contribution is 5.85. The molecule has 2 aromatic carbocycles. The van der Waals surface area contributed by atoms with Crippen LogP contribution >= 0.6 is 0 Å². The molecule has 0 unspecified atom stereocenters. The molecule has 128 valence electrons. The van der Waals surface area contributed by atoms with Crippen LogP contribution in [0.15, 0.2) is 42.5 Å². The summed E-state index contributed by atoms with van der Waals surface area (Å²) in [6, 6.07) is 16.2. The van der Waals surface area contributed by atoms with Crippen molar-refractivity contribution < 1.29 is 4.74 Å². The number of fused-ring (bicyclic) bond motifs is 1. The van der Waals surface area contributed by atoms with E-state index in [9.17, 15) is 0 Å². The first-order valence-electron chi connectivity index (χ1n) is 9.41. The minimum atomic E-state index is 0.780. The number of benzene rings is 2. The fourth-order valence-corrected chi connectivity index (χ4v) is 4.24.